The Bertz CT molecular complexity index is 597. The van der Waals surface area contributed by atoms with Gasteiger partial charge in [0.25, 0.3) is 0 Å². The number of benzene rings is 1. The maximum atomic E-state index is 11.7. The van der Waals surface area contributed by atoms with Gasteiger partial charge < -0.3 is 16.0 Å². The summed E-state index contributed by atoms with van der Waals surface area (Å²) in [5, 5.41) is 3.67. The van der Waals surface area contributed by atoms with E-state index < -0.39 is 9.84 Å². The molecule has 0 unspecified atom stereocenters. The molecular weight excluding hydrogens is 270 g/mol. The lowest BCUT2D eigenvalue weighted by Gasteiger charge is -2.23. The number of hydrogen-bond donors (Lipinski definition) is 2. The fourth-order valence-corrected chi connectivity index (χ4v) is 4.83. The molecule has 5 nitrogen and oxygen atoms in total. The summed E-state index contributed by atoms with van der Waals surface area (Å²) >= 11 is 5.27. The zero-order valence-corrected chi connectivity index (χ0v) is 11.2. The molecule has 0 aromatic heterocycles. The third-order valence-electron chi connectivity index (χ3n) is 3.35. The van der Waals surface area contributed by atoms with Crippen molar-refractivity contribution in [3.05, 3.63) is 24.3 Å². The lowest BCUT2D eigenvalue weighted by Crippen LogP contribution is -2.36. The number of sulfone groups is 1. The third-order valence-corrected chi connectivity index (χ3v) is 5.38. The van der Waals surface area contributed by atoms with Crippen LogP contribution in [0.25, 0.3) is 0 Å². The predicted octanol–water partition coefficient (Wildman–Crippen LogP) is 0.129. The normalized spacial score (nSPS) is 29.1. The van der Waals surface area contributed by atoms with Crippen LogP contribution in [0.15, 0.2) is 24.3 Å². The van der Waals surface area contributed by atoms with E-state index in [-0.39, 0.29) is 23.6 Å². The average molecular weight is 283 g/mol. The molecule has 7 heteroatoms. The Morgan fingerprint density at radius 2 is 1.94 bits per heavy atom. The van der Waals surface area contributed by atoms with Crippen LogP contribution in [0.2, 0.25) is 0 Å². The SMILES string of the molecule is Nc1ccc(N2C(=S)N[C@H]3CS(=O)(=O)C[C@H]32)cc1. The molecule has 2 saturated heterocycles. The van der Waals surface area contributed by atoms with Crippen molar-refractivity contribution in [2.24, 2.45) is 0 Å². The summed E-state index contributed by atoms with van der Waals surface area (Å²) in [4.78, 5) is 1.88. The Morgan fingerprint density at radius 3 is 2.61 bits per heavy atom. The number of nitrogen functional groups attached to an aromatic ring is 1. The minimum absolute atomic E-state index is 0.0972. The highest BCUT2D eigenvalue weighted by molar-refractivity contribution is 7.91. The van der Waals surface area contributed by atoms with Crippen molar-refractivity contribution in [2.75, 3.05) is 22.1 Å². The Labute approximate surface area is 111 Å². The summed E-state index contributed by atoms with van der Waals surface area (Å²) in [6, 6.07) is 7.09. The second-order valence-corrected chi connectivity index (χ2v) is 7.20. The van der Waals surface area contributed by atoms with Crippen molar-refractivity contribution in [3.8, 4) is 0 Å². The second kappa shape index (κ2) is 3.83. The van der Waals surface area contributed by atoms with Crippen LogP contribution in [-0.4, -0.2) is 37.1 Å². The van der Waals surface area contributed by atoms with Crippen molar-refractivity contribution < 1.29 is 8.42 Å². The van der Waals surface area contributed by atoms with Crippen LogP contribution in [0.1, 0.15) is 0 Å². The van der Waals surface area contributed by atoms with Gasteiger partial charge in [0.15, 0.2) is 14.9 Å². The van der Waals surface area contributed by atoms with Crippen LogP contribution >= 0.6 is 12.2 Å². The molecule has 2 aliphatic rings. The van der Waals surface area contributed by atoms with Gasteiger partial charge in [0.05, 0.1) is 23.6 Å². The highest BCUT2D eigenvalue weighted by Crippen LogP contribution is 2.29. The molecule has 2 aliphatic heterocycles. The number of thiocarbonyl (C=S) groups is 1. The Balaban J connectivity index is 1.96. The summed E-state index contributed by atoms with van der Waals surface area (Å²) in [5.74, 6) is 0.304. The Morgan fingerprint density at radius 1 is 1.28 bits per heavy atom. The van der Waals surface area contributed by atoms with Gasteiger partial charge in [-0.1, -0.05) is 0 Å². The van der Waals surface area contributed by atoms with Crippen LogP contribution in [-0.2, 0) is 9.84 Å². The summed E-state index contributed by atoms with van der Waals surface area (Å²) in [6.45, 7) is 0. The van der Waals surface area contributed by atoms with Crippen LogP contribution < -0.4 is 16.0 Å². The highest BCUT2D eigenvalue weighted by Gasteiger charge is 2.47. The van der Waals surface area contributed by atoms with Crippen LogP contribution in [0.4, 0.5) is 11.4 Å². The van der Waals surface area contributed by atoms with E-state index in [9.17, 15) is 8.42 Å². The standard InChI is InChI=1S/C11H13N3O2S2/c12-7-1-3-8(4-2-7)14-10-6-18(15,16)5-9(10)13-11(14)17/h1-4,9-10H,5-6,12H2,(H,13,17)/t9-,10+/m0/s1. The lowest BCUT2D eigenvalue weighted by atomic mass is 10.1. The molecule has 0 amide bonds. The van der Waals surface area contributed by atoms with Gasteiger partial charge >= 0.3 is 0 Å². The first-order valence-electron chi connectivity index (χ1n) is 5.62. The predicted molar refractivity (Wildman–Crippen MR) is 75.3 cm³/mol. The topological polar surface area (TPSA) is 75.4 Å². The molecule has 3 N–H and O–H groups in total. The van der Waals surface area contributed by atoms with E-state index in [1.54, 1.807) is 12.1 Å². The molecule has 0 spiro atoms. The number of nitrogens with two attached hydrogens (primary N) is 1. The molecule has 0 radical (unpaired) electrons. The average Bonchev–Trinajstić information content (AvgIpc) is 2.70. The Hall–Kier alpha value is -1.34. The van der Waals surface area contributed by atoms with E-state index in [4.69, 9.17) is 18.0 Å². The zero-order valence-electron chi connectivity index (χ0n) is 9.54. The van der Waals surface area contributed by atoms with Gasteiger partial charge in [-0.15, -0.1) is 0 Å². The summed E-state index contributed by atoms with van der Waals surface area (Å²) < 4.78 is 23.3. The molecule has 1 aromatic carbocycles. The molecule has 96 valence electrons. The molecular formula is C11H13N3O2S2. The maximum absolute atomic E-state index is 11.7. The van der Waals surface area contributed by atoms with E-state index in [1.165, 1.54) is 0 Å². The molecule has 2 fully saturated rings. The van der Waals surface area contributed by atoms with Gasteiger partial charge in [0.1, 0.15) is 0 Å². The second-order valence-electron chi connectivity index (χ2n) is 4.66. The molecule has 2 heterocycles. The molecule has 18 heavy (non-hydrogen) atoms. The van der Waals surface area contributed by atoms with E-state index >= 15 is 0 Å². The summed E-state index contributed by atoms with van der Waals surface area (Å²) in [5.41, 5.74) is 7.20. The summed E-state index contributed by atoms with van der Waals surface area (Å²) in [7, 11) is -2.97. The lowest BCUT2D eigenvalue weighted by molar-refractivity contribution is 0.600. The van der Waals surface area contributed by atoms with E-state index in [0.29, 0.717) is 10.8 Å². The van der Waals surface area contributed by atoms with Crippen LogP contribution in [0.5, 0.6) is 0 Å². The van der Waals surface area contributed by atoms with Gasteiger partial charge in [0, 0.05) is 11.4 Å². The van der Waals surface area contributed by atoms with Gasteiger partial charge in [-0.05, 0) is 36.5 Å². The van der Waals surface area contributed by atoms with Gasteiger partial charge in [-0.3, -0.25) is 0 Å². The maximum Gasteiger partial charge on any atom is 0.174 e. The fourth-order valence-electron chi connectivity index (χ4n) is 2.54. The van der Waals surface area contributed by atoms with Crippen molar-refractivity contribution >= 4 is 38.5 Å². The number of rotatable bonds is 1. The zero-order chi connectivity index (χ0) is 12.9. The van der Waals surface area contributed by atoms with Crippen molar-refractivity contribution in [1.82, 2.24) is 5.32 Å². The third kappa shape index (κ3) is 1.83. The highest BCUT2D eigenvalue weighted by atomic mass is 32.2. The first kappa shape index (κ1) is 11.7. The number of hydrogen-bond acceptors (Lipinski definition) is 4. The van der Waals surface area contributed by atoms with Crippen LogP contribution in [0.3, 0.4) is 0 Å². The number of nitrogens with one attached hydrogen (secondary N) is 1. The van der Waals surface area contributed by atoms with E-state index in [1.807, 2.05) is 17.0 Å². The molecule has 2 atom stereocenters. The largest absolute Gasteiger partial charge is 0.399 e. The first-order valence-corrected chi connectivity index (χ1v) is 7.85. The van der Waals surface area contributed by atoms with Crippen molar-refractivity contribution in [2.45, 2.75) is 12.1 Å². The molecule has 0 bridgehead atoms. The minimum Gasteiger partial charge on any atom is -0.399 e. The van der Waals surface area contributed by atoms with Crippen molar-refractivity contribution in [3.63, 3.8) is 0 Å². The minimum atomic E-state index is -2.97. The van der Waals surface area contributed by atoms with Gasteiger partial charge in [0.2, 0.25) is 0 Å². The summed E-state index contributed by atoms with van der Waals surface area (Å²) in [6.07, 6.45) is 0. The van der Waals surface area contributed by atoms with Gasteiger partial charge in [-0.2, -0.15) is 0 Å². The van der Waals surface area contributed by atoms with Crippen molar-refractivity contribution in [1.29, 1.82) is 0 Å². The van der Waals surface area contributed by atoms with Gasteiger partial charge in [-0.25, -0.2) is 8.42 Å². The number of anilines is 2. The molecule has 0 saturated carbocycles. The number of nitrogens with zero attached hydrogens (tertiary/aromatic N) is 1. The number of fused-ring (bicyclic) bond motifs is 1. The smallest absolute Gasteiger partial charge is 0.174 e. The quantitative estimate of drug-likeness (QED) is 0.563. The fraction of sp³-hybridized carbons (Fsp3) is 0.364. The van der Waals surface area contributed by atoms with Crippen LogP contribution in [0, 0.1) is 0 Å². The Kier molecular flexibility index (Phi) is 2.49. The molecule has 3 rings (SSSR count). The molecule has 0 aliphatic carbocycles. The molecule has 1 aromatic rings. The first-order chi connectivity index (χ1) is 8.46. The monoisotopic (exact) mass is 283 g/mol. The van der Waals surface area contributed by atoms with E-state index in [0.717, 1.165) is 5.69 Å². The van der Waals surface area contributed by atoms with E-state index in [2.05, 4.69) is 5.32 Å².